The molecular formula is C43H50N4O7. The summed E-state index contributed by atoms with van der Waals surface area (Å²) in [5.41, 5.74) is 6.99. The first-order chi connectivity index (χ1) is 26.4. The summed E-state index contributed by atoms with van der Waals surface area (Å²) in [6, 6.07) is 25.0. The number of hydrogen-bond donors (Lipinski definition) is 0. The highest BCUT2D eigenvalue weighted by Gasteiger charge is 2.26. The molecule has 0 radical (unpaired) electrons. The predicted octanol–water partition coefficient (Wildman–Crippen LogP) is 7.93. The van der Waals surface area contributed by atoms with Crippen LogP contribution >= 0.6 is 0 Å². The number of ether oxygens (including phenoxy) is 7. The Labute approximate surface area is 318 Å². The molecule has 6 rings (SSSR count). The van der Waals surface area contributed by atoms with E-state index >= 15 is 0 Å². The zero-order valence-corrected chi connectivity index (χ0v) is 32.3. The largest absolute Gasteiger partial charge is 0.494 e. The van der Waals surface area contributed by atoms with Gasteiger partial charge >= 0.3 is 0 Å². The molecule has 0 N–H and O–H groups in total. The number of rotatable bonds is 16. The Morgan fingerprint density at radius 3 is 1.56 bits per heavy atom. The van der Waals surface area contributed by atoms with Crippen LogP contribution in [0.3, 0.4) is 0 Å². The number of pyridine rings is 2. The molecule has 0 unspecified atom stereocenters. The Hall–Kier alpha value is -5.68. The molecule has 1 aliphatic rings. The van der Waals surface area contributed by atoms with Crippen molar-refractivity contribution in [2.45, 2.75) is 38.9 Å². The molecule has 11 nitrogen and oxygen atoms in total. The number of anilines is 1. The second-order valence-electron chi connectivity index (χ2n) is 13.0. The van der Waals surface area contributed by atoms with Gasteiger partial charge in [-0.05, 0) is 104 Å². The third kappa shape index (κ3) is 8.58. The quantitative estimate of drug-likeness (QED) is 0.0989. The Morgan fingerprint density at radius 1 is 0.611 bits per heavy atom. The molecule has 54 heavy (non-hydrogen) atoms. The monoisotopic (exact) mass is 734 g/mol. The van der Waals surface area contributed by atoms with E-state index < -0.39 is 0 Å². The van der Waals surface area contributed by atoms with Gasteiger partial charge in [-0.3, -0.25) is 14.9 Å². The van der Waals surface area contributed by atoms with E-state index in [-0.39, 0.29) is 0 Å². The van der Waals surface area contributed by atoms with Gasteiger partial charge in [0.25, 0.3) is 0 Å². The second kappa shape index (κ2) is 17.9. The van der Waals surface area contributed by atoms with Gasteiger partial charge in [-0.25, -0.2) is 0 Å². The first kappa shape index (κ1) is 38.1. The van der Waals surface area contributed by atoms with Crippen LogP contribution in [-0.2, 0) is 13.1 Å². The molecule has 284 valence electrons. The van der Waals surface area contributed by atoms with Crippen LogP contribution < -0.4 is 38.1 Å². The molecule has 5 aromatic rings. The average molecular weight is 735 g/mol. The van der Waals surface area contributed by atoms with E-state index in [1.807, 2.05) is 43.6 Å². The molecule has 0 saturated carbocycles. The smallest absolute Gasteiger partial charge is 0.203 e. The van der Waals surface area contributed by atoms with E-state index in [2.05, 4.69) is 63.3 Å². The van der Waals surface area contributed by atoms with Gasteiger partial charge in [0.2, 0.25) is 11.5 Å². The average Bonchev–Trinajstić information content (AvgIpc) is 3.22. The van der Waals surface area contributed by atoms with Crippen molar-refractivity contribution in [3.8, 4) is 62.8 Å². The summed E-state index contributed by atoms with van der Waals surface area (Å²) in [5, 5.41) is 0. The van der Waals surface area contributed by atoms with E-state index in [9.17, 15) is 0 Å². The fourth-order valence-corrected chi connectivity index (χ4v) is 7.09. The van der Waals surface area contributed by atoms with Gasteiger partial charge in [-0.1, -0.05) is 0 Å². The zero-order valence-electron chi connectivity index (χ0n) is 32.3. The Balaban J connectivity index is 1.20. The number of nitrogens with zero attached hydrogens (tertiary/aromatic N) is 4. The van der Waals surface area contributed by atoms with Gasteiger partial charge in [-0.2, -0.15) is 0 Å². The van der Waals surface area contributed by atoms with Crippen molar-refractivity contribution in [3.05, 3.63) is 96.3 Å². The minimum atomic E-state index is 0.337. The molecular weight excluding hydrogens is 684 g/mol. The normalized spacial score (nSPS) is 13.2. The Bertz CT molecular complexity index is 1950. The van der Waals surface area contributed by atoms with Crippen molar-refractivity contribution in [2.75, 3.05) is 67.3 Å². The van der Waals surface area contributed by atoms with Gasteiger partial charge in [0, 0.05) is 61.4 Å². The molecule has 0 amide bonds. The summed E-state index contributed by atoms with van der Waals surface area (Å²) >= 11 is 0. The van der Waals surface area contributed by atoms with E-state index in [0.29, 0.717) is 47.1 Å². The number of aromatic nitrogens is 2. The lowest BCUT2D eigenvalue weighted by molar-refractivity contribution is 0.201. The second-order valence-corrected chi connectivity index (χ2v) is 13.0. The number of methoxy groups -OCH3 is 6. The van der Waals surface area contributed by atoms with Crippen molar-refractivity contribution >= 4 is 5.69 Å². The van der Waals surface area contributed by atoms with Gasteiger partial charge in [-0.15, -0.1) is 0 Å². The van der Waals surface area contributed by atoms with Crippen LogP contribution in [0.25, 0.3) is 22.5 Å². The van der Waals surface area contributed by atoms with Gasteiger partial charge in [0.05, 0.1) is 60.7 Å². The van der Waals surface area contributed by atoms with Crippen molar-refractivity contribution in [2.24, 2.45) is 0 Å². The van der Waals surface area contributed by atoms with Crippen LogP contribution in [0.2, 0.25) is 0 Å². The highest BCUT2D eigenvalue weighted by molar-refractivity contribution is 5.70. The zero-order chi connectivity index (χ0) is 38.0. The van der Waals surface area contributed by atoms with Crippen LogP contribution in [0.5, 0.6) is 40.2 Å². The molecule has 1 fully saturated rings. The highest BCUT2D eigenvalue weighted by atomic mass is 16.5. The predicted molar refractivity (Wildman–Crippen MR) is 211 cm³/mol. The van der Waals surface area contributed by atoms with Crippen molar-refractivity contribution in [3.63, 3.8) is 0 Å². The molecule has 11 heteroatoms. The first-order valence-corrected chi connectivity index (χ1v) is 18.1. The maximum atomic E-state index is 5.78. The van der Waals surface area contributed by atoms with Crippen LogP contribution in [-0.4, -0.2) is 83.3 Å². The summed E-state index contributed by atoms with van der Waals surface area (Å²) < 4.78 is 39.3. The van der Waals surface area contributed by atoms with E-state index in [1.165, 1.54) is 5.56 Å². The summed E-state index contributed by atoms with van der Waals surface area (Å²) in [5.74, 6) is 4.36. The van der Waals surface area contributed by atoms with Gasteiger partial charge < -0.3 is 38.1 Å². The third-order valence-corrected chi connectivity index (χ3v) is 9.81. The fourth-order valence-electron chi connectivity index (χ4n) is 7.09. The summed E-state index contributed by atoms with van der Waals surface area (Å²) in [7, 11) is 9.70. The molecule has 0 spiro atoms. The molecule has 2 aromatic heterocycles. The number of likely N-dealkylation sites (tertiary alicyclic amines) is 1. The van der Waals surface area contributed by atoms with E-state index in [0.717, 1.165) is 78.5 Å². The lowest BCUT2D eigenvalue weighted by atomic mass is 10.00. The summed E-state index contributed by atoms with van der Waals surface area (Å²) in [6.45, 7) is 6.12. The van der Waals surface area contributed by atoms with Crippen LogP contribution in [0, 0.1) is 0 Å². The minimum Gasteiger partial charge on any atom is -0.494 e. The number of benzene rings is 3. The molecule has 3 aromatic carbocycles. The van der Waals surface area contributed by atoms with E-state index in [4.69, 9.17) is 38.1 Å². The highest BCUT2D eigenvalue weighted by Crippen LogP contribution is 2.42. The minimum absolute atomic E-state index is 0.337. The molecule has 0 atom stereocenters. The van der Waals surface area contributed by atoms with E-state index in [1.54, 1.807) is 42.7 Å². The van der Waals surface area contributed by atoms with Crippen molar-refractivity contribution in [1.82, 2.24) is 14.9 Å². The van der Waals surface area contributed by atoms with Crippen molar-refractivity contribution in [1.29, 1.82) is 0 Å². The Morgan fingerprint density at radius 2 is 1.09 bits per heavy atom. The number of hydrogen-bond acceptors (Lipinski definition) is 11. The first-order valence-electron chi connectivity index (χ1n) is 18.1. The fraction of sp³-hybridized carbons (Fsp3) is 0.349. The van der Waals surface area contributed by atoms with Gasteiger partial charge in [0.15, 0.2) is 23.0 Å². The summed E-state index contributed by atoms with van der Waals surface area (Å²) in [6.07, 6.45) is 5.77. The molecule has 1 saturated heterocycles. The lowest BCUT2D eigenvalue weighted by Gasteiger charge is -2.40. The van der Waals surface area contributed by atoms with Crippen LogP contribution in [0.1, 0.15) is 30.9 Å². The standard InChI is InChI=1S/C43H50N4O7/c1-8-54-35-11-9-33(10-12-35)47(28-30-14-18-45-37(22-30)32-25-40(50-4)43(53-7)41(26-32)51-5)34-15-19-46(20-16-34)27-29-13-17-44-36(21-29)31-23-38(48-2)42(52-6)39(24-31)49-3/h9-14,17-18,21-26,34H,8,15-16,19-20,27-28H2,1-7H3. The topological polar surface area (TPSA) is 96.9 Å². The van der Waals surface area contributed by atoms with Crippen LogP contribution in [0.4, 0.5) is 5.69 Å². The maximum Gasteiger partial charge on any atom is 0.203 e. The molecule has 1 aliphatic heterocycles. The van der Waals surface area contributed by atoms with Gasteiger partial charge in [0.1, 0.15) is 5.75 Å². The SMILES string of the molecule is CCOc1ccc(N(Cc2ccnc(-c3cc(OC)c(OC)c(OC)c3)c2)C2CCN(Cc3ccnc(-c4cc(OC)c(OC)c(OC)c4)c3)CC2)cc1. The molecule has 0 aliphatic carbocycles. The number of piperidine rings is 1. The lowest BCUT2D eigenvalue weighted by Crippen LogP contribution is -2.44. The Kier molecular flexibility index (Phi) is 12.6. The molecule has 0 bridgehead atoms. The maximum absolute atomic E-state index is 5.78. The van der Waals surface area contributed by atoms with Crippen molar-refractivity contribution < 1.29 is 33.2 Å². The summed E-state index contributed by atoms with van der Waals surface area (Å²) in [4.78, 5) is 14.5. The molecule has 3 heterocycles. The third-order valence-electron chi connectivity index (χ3n) is 9.81. The van der Waals surface area contributed by atoms with Crippen LogP contribution in [0.15, 0.2) is 85.2 Å².